The third-order valence-electron chi connectivity index (χ3n) is 4.68. The van der Waals surface area contributed by atoms with Gasteiger partial charge in [-0.2, -0.15) is 0 Å². The lowest BCUT2D eigenvalue weighted by Gasteiger charge is -2.29. The number of rotatable bonds is 3. The van der Waals surface area contributed by atoms with Gasteiger partial charge in [-0.1, -0.05) is 11.6 Å². The van der Waals surface area contributed by atoms with E-state index >= 15 is 0 Å². The summed E-state index contributed by atoms with van der Waals surface area (Å²) in [6, 6.07) is 7.74. The molecule has 2 fully saturated rings. The second-order valence-corrected chi connectivity index (χ2v) is 8.05. The number of aromatic nitrogens is 1. The Morgan fingerprint density at radius 3 is 2.96 bits per heavy atom. The highest BCUT2D eigenvalue weighted by Gasteiger charge is 2.44. The predicted molar refractivity (Wildman–Crippen MR) is 98.9 cm³/mol. The zero-order chi connectivity index (χ0) is 17.6. The minimum absolute atomic E-state index is 0.104. The van der Waals surface area contributed by atoms with Crippen molar-refractivity contribution in [3.05, 3.63) is 35.0 Å². The summed E-state index contributed by atoms with van der Waals surface area (Å²) in [7, 11) is 1.62. The number of pyridine rings is 1. The van der Waals surface area contributed by atoms with Crippen LogP contribution in [0.15, 0.2) is 24.3 Å². The molecule has 0 aliphatic carbocycles. The van der Waals surface area contributed by atoms with Crippen LogP contribution in [-0.4, -0.2) is 41.0 Å². The van der Waals surface area contributed by atoms with Gasteiger partial charge in [0.1, 0.15) is 22.5 Å². The van der Waals surface area contributed by atoms with E-state index in [0.717, 1.165) is 35.1 Å². The molecule has 1 amide bonds. The fourth-order valence-corrected chi connectivity index (χ4v) is 5.01. The number of amides is 1. The number of halogens is 1. The van der Waals surface area contributed by atoms with Crippen LogP contribution in [0.1, 0.15) is 30.7 Å². The lowest BCUT2D eigenvalue weighted by atomic mass is 10.1. The summed E-state index contributed by atoms with van der Waals surface area (Å²) < 4.78 is 11.0. The van der Waals surface area contributed by atoms with E-state index in [9.17, 15) is 4.79 Å². The number of thioether (sulfide) groups is 1. The molecule has 1 aromatic carbocycles. The van der Waals surface area contributed by atoms with Gasteiger partial charge in [-0.05, 0) is 38.0 Å². The number of methoxy groups -OCH3 is 1. The summed E-state index contributed by atoms with van der Waals surface area (Å²) in [5, 5.41) is 1.11. The van der Waals surface area contributed by atoms with Gasteiger partial charge in [-0.15, -0.1) is 11.8 Å². The summed E-state index contributed by atoms with van der Waals surface area (Å²) in [6.07, 6.45) is 1.67. The van der Waals surface area contributed by atoms with Crippen LogP contribution in [0.4, 0.5) is 0 Å². The highest BCUT2D eigenvalue weighted by molar-refractivity contribution is 8.01. The standard InChI is InChI=1S/C18H19ClN2O3S/c1-10-17(22)21(15-4-3-7-24-15)18(25-10)13-8-11-5-6-12(23-2)9-14(11)20-16(13)19/h5-6,8-10,15,18H,3-4,7H2,1-2H3/t10-,15+,18+/m1/s1. The average molecular weight is 379 g/mol. The number of ether oxygens (including phenoxy) is 2. The minimum Gasteiger partial charge on any atom is -0.497 e. The Morgan fingerprint density at radius 2 is 2.24 bits per heavy atom. The van der Waals surface area contributed by atoms with Crippen LogP contribution in [0.2, 0.25) is 5.15 Å². The van der Waals surface area contributed by atoms with Crippen LogP contribution in [0, 0.1) is 0 Å². The number of nitrogens with zero attached hydrogens (tertiary/aromatic N) is 2. The number of benzene rings is 1. The molecule has 4 rings (SSSR count). The molecule has 0 bridgehead atoms. The fraction of sp³-hybridized carbons (Fsp3) is 0.444. The normalized spacial score (nSPS) is 26.6. The van der Waals surface area contributed by atoms with Gasteiger partial charge in [0.25, 0.3) is 0 Å². The molecular weight excluding hydrogens is 360 g/mol. The van der Waals surface area contributed by atoms with E-state index in [0.29, 0.717) is 11.8 Å². The number of fused-ring (bicyclic) bond motifs is 1. The predicted octanol–water partition coefficient (Wildman–Crippen LogP) is 4.00. The molecule has 2 saturated heterocycles. The lowest BCUT2D eigenvalue weighted by molar-refractivity contribution is -0.141. The van der Waals surface area contributed by atoms with Gasteiger partial charge in [0.05, 0.1) is 17.9 Å². The molecule has 0 unspecified atom stereocenters. The highest BCUT2D eigenvalue weighted by atomic mass is 35.5. The summed E-state index contributed by atoms with van der Waals surface area (Å²) in [5.41, 5.74) is 1.64. The second kappa shape index (κ2) is 6.67. The maximum Gasteiger partial charge on any atom is 0.238 e. The van der Waals surface area contributed by atoms with Crippen LogP contribution in [0.25, 0.3) is 10.9 Å². The van der Waals surface area contributed by atoms with E-state index in [2.05, 4.69) is 4.98 Å². The molecule has 2 aliphatic rings. The number of carbonyl (C=O) groups excluding carboxylic acids is 1. The SMILES string of the molecule is COc1ccc2cc([C@@H]3S[C@H](C)C(=O)N3[C@@H]3CCCO3)c(Cl)nc2c1. The van der Waals surface area contributed by atoms with Crippen molar-refractivity contribution in [3.8, 4) is 5.75 Å². The van der Waals surface area contributed by atoms with E-state index < -0.39 is 0 Å². The average Bonchev–Trinajstić information content (AvgIpc) is 3.22. The molecule has 25 heavy (non-hydrogen) atoms. The molecular formula is C18H19ClN2O3S. The van der Waals surface area contributed by atoms with Crippen molar-refractivity contribution < 1.29 is 14.3 Å². The lowest BCUT2D eigenvalue weighted by Crippen LogP contribution is -2.39. The first kappa shape index (κ1) is 16.9. The van der Waals surface area contributed by atoms with E-state index in [1.807, 2.05) is 36.1 Å². The van der Waals surface area contributed by atoms with Gasteiger partial charge in [0.2, 0.25) is 5.91 Å². The summed E-state index contributed by atoms with van der Waals surface area (Å²) >= 11 is 8.10. The molecule has 2 aromatic rings. The molecule has 2 aliphatic heterocycles. The van der Waals surface area contributed by atoms with Gasteiger partial charge in [0, 0.05) is 23.6 Å². The highest BCUT2D eigenvalue weighted by Crippen LogP contribution is 2.47. The van der Waals surface area contributed by atoms with Crippen molar-refractivity contribution in [2.24, 2.45) is 0 Å². The molecule has 0 spiro atoms. The Kier molecular flexibility index (Phi) is 4.52. The van der Waals surface area contributed by atoms with E-state index in [4.69, 9.17) is 21.1 Å². The number of hydrogen-bond acceptors (Lipinski definition) is 5. The van der Waals surface area contributed by atoms with Crippen molar-refractivity contribution in [1.82, 2.24) is 9.88 Å². The summed E-state index contributed by atoms with van der Waals surface area (Å²) in [6.45, 7) is 2.63. The van der Waals surface area contributed by atoms with Crippen LogP contribution in [-0.2, 0) is 9.53 Å². The molecule has 0 radical (unpaired) electrons. The van der Waals surface area contributed by atoms with Gasteiger partial charge >= 0.3 is 0 Å². The van der Waals surface area contributed by atoms with Crippen LogP contribution in [0.3, 0.4) is 0 Å². The van der Waals surface area contributed by atoms with Crippen LogP contribution < -0.4 is 4.74 Å². The molecule has 0 N–H and O–H groups in total. The molecule has 7 heteroatoms. The van der Waals surface area contributed by atoms with Gasteiger partial charge < -0.3 is 9.47 Å². The van der Waals surface area contributed by atoms with Crippen LogP contribution in [0.5, 0.6) is 5.75 Å². The first-order valence-corrected chi connectivity index (χ1v) is 9.64. The monoisotopic (exact) mass is 378 g/mol. The molecule has 3 heterocycles. The third-order valence-corrected chi connectivity index (χ3v) is 6.33. The van der Waals surface area contributed by atoms with E-state index in [-0.39, 0.29) is 22.8 Å². The van der Waals surface area contributed by atoms with Crippen LogP contribution >= 0.6 is 23.4 Å². The smallest absolute Gasteiger partial charge is 0.238 e. The Hall–Kier alpha value is -1.50. The third kappa shape index (κ3) is 2.96. The Balaban J connectivity index is 1.76. The quantitative estimate of drug-likeness (QED) is 0.756. The maximum absolute atomic E-state index is 12.7. The summed E-state index contributed by atoms with van der Waals surface area (Å²) in [4.78, 5) is 19.1. The second-order valence-electron chi connectivity index (χ2n) is 6.27. The van der Waals surface area contributed by atoms with Crippen molar-refractivity contribution >= 4 is 40.2 Å². The largest absolute Gasteiger partial charge is 0.497 e. The Morgan fingerprint density at radius 1 is 1.40 bits per heavy atom. The molecule has 0 saturated carbocycles. The topological polar surface area (TPSA) is 51.7 Å². The number of hydrogen-bond donors (Lipinski definition) is 0. The van der Waals surface area contributed by atoms with E-state index in [1.165, 1.54) is 0 Å². The zero-order valence-corrected chi connectivity index (χ0v) is 15.6. The van der Waals surface area contributed by atoms with Gasteiger partial charge in [-0.3, -0.25) is 9.69 Å². The van der Waals surface area contributed by atoms with Gasteiger partial charge in [0.15, 0.2) is 0 Å². The molecule has 3 atom stereocenters. The summed E-state index contributed by atoms with van der Waals surface area (Å²) in [5.74, 6) is 0.844. The first-order valence-electron chi connectivity index (χ1n) is 8.32. The van der Waals surface area contributed by atoms with Crippen molar-refractivity contribution in [2.75, 3.05) is 13.7 Å². The Bertz CT molecular complexity index is 825. The first-order chi connectivity index (χ1) is 12.1. The molecule has 5 nitrogen and oxygen atoms in total. The molecule has 132 valence electrons. The Labute approximate surface area is 155 Å². The molecule has 1 aromatic heterocycles. The zero-order valence-electron chi connectivity index (χ0n) is 14.1. The van der Waals surface area contributed by atoms with Gasteiger partial charge in [-0.25, -0.2) is 4.98 Å². The maximum atomic E-state index is 12.7. The van der Waals surface area contributed by atoms with E-state index in [1.54, 1.807) is 18.9 Å². The van der Waals surface area contributed by atoms with Crippen molar-refractivity contribution in [3.63, 3.8) is 0 Å². The minimum atomic E-state index is -0.169. The van der Waals surface area contributed by atoms with Crippen molar-refractivity contribution in [2.45, 2.75) is 36.6 Å². The van der Waals surface area contributed by atoms with Crippen molar-refractivity contribution in [1.29, 1.82) is 0 Å². The number of carbonyl (C=O) groups is 1. The fourth-order valence-electron chi connectivity index (χ4n) is 3.38.